The summed E-state index contributed by atoms with van der Waals surface area (Å²) in [6.07, 6.45) is 3.35. The van der Waals surface area contributed by atoms with Crippen LogP contribution in [0.5, 0.6) is 5.75 Å². The van der Waals surface area contributed by atoms with Crippen molar-refractivity contribution >= 4 is 10.9 Å². The molecule has 15 heavy (non-hydrogen) atoms. The minimum Gasteiger partial charge on any atom is -0.493 e. The normalized spacial score (nSPS) is 20.0. The number of aromatic nitrogens is 1. The van der Waals surface area contributed by atoms with Crippen LogP contribution in [0.15, 0.2) is 24.4 Å². The topological polar surface area (TPSA) is 14.2 Å². The van der Waals surface area contributed by atoms with Crippen molar-refractivity contribution in [3.8, 4) is 5.75 Å². The molecule has 3 rings (SSSR count). The van der Waals surface area contributed by atoms with Crippen LogP contribution in [0.1, 0.15) is 12.5 Å². The van der Waals surface area contributed by atoms with Gasteiger partial charge in [0.2, 0.25) is 0 Å². The second-order valence-corrected chi connectivity index (χ2v) is 4.54. The monoisotopic (exact) mass is 201 g/mol. The molecule has 0 bridgehead atoms. The highest BCUT2D eigenvalue weighted by Crippen LogP contribution is 2.34. The van der Waals surface area contributed by atoms with Crippen molar-refractivity contribution in [3.63, 3.8) is 0 Å². The van der Waals surface area contributed by atoms with E-state index < -0.39 is 0 Å². The Balaban J connectivity index is 2.34. The van der Waals surface area contributed by atoms with Crippen molar-refractivity contribution in [1.82, 2.24) is 4.57 Å². The molecular weight excluding hydrogens is 186 g/mol. The van der Waals surface area contributed by atoms with Crippen LogP contribution in [0.2, 0.25) is 0 Å². The highest BCUT2D eigenvalue weighted by Gasteiger charge is 2.18. The molecule has 0 amide bonds. The van der Waals surface area contributed by atoms with Crippen LogP contribution in [0.3, 0.4) is 0 Å². The van der Waals surface area contributed by atoms with Crippen LogP contribution in [0, 0.1) is 5.92 Å². The summed E-state index contributed by atoms with van der Waals surface area (Å²) in [4.78, 5) is 0. The van der Waals surface area contributed by atoms with Gasteiger partial charge in [-0.3, -0.25) is 0 Å². The zero-order valence-electron chi connectivity index (χ0n) is 9.16. The van der Waals surface area contributed by atoms with Crippen molar-refractivity contribution in [2.24, 2.45) is 13.0 Å². The fourth-order valence-corrected chi connectivity index (χ4v) is 2.45. The first-order valence-corrected chi connectivity index (χ1v) is 5.45. The molecule has 1 aromatic carbocycles. The third kappa shape index (κ3) is 1.24. The summed E-state index contributed by atoms with van der Waals surface area (Å²) < 4.78 is 8.02. The average Bonchev–Trinajstić information content (AvgIpc) is 2.43. The lowest BCUT2D eigenvalue weighted by atomic mass is 10.0. The molecule has 0 radical (unpaired) electrons. The predicted octanol–water partition coefficient (Wildman–Crippen LogP) is 2.75. The number of hydrogen-bond donors (Lipinski definition) is 0. The zero-order valence-corrected chi connectivity index (χ0v) is 9.16. The molecule has 0 saturated carbocycles. The van der Waals surface area contributed by atoms with Gasteiger partial charge in [0, 0.05) is 18.6 Å². The Bertz CT molecular complexity index is 512. The lowest BCUT2D eigenvalue weighted by Crippen LogP contribution is -2.08. The molecule has 0 N–H and O–H groups in total. The predicted molar refractivity (Wildman–Crippen MR) is 61.3 cm³/mol. The van der Waals surface area contributed by atoms with E-state index in [1.807, 2.05) is 0 Å². The molecule has 0 saturated heterocycles. The molecule has 2 heteroatoms. The van der Waals surface area contributed by atoms with Crippen molar-refractivity contribution in [1.29, 1.82) is 0 Å². The molecular formula is C13H15NO. The maximum atomic E-state index is 5.83. The molecule has 1 aliphatic heterocycles. The minimum atomic E-state index is 0.600. The molecule has 2 heterocycles. The summed E-state index contributed by atoms with van der Waals surface area (Å²) in [6.45, 7) is 3.07. The van der Waals surface area contributed by atoms with Gasteiger partial charge in [0.15, 0.2) is 0 Å². The minimum absolute atomic E-state index is 0.600. The van der Waals surface area contributed by atoms with Gasteiger partial charge >= 0.3 is 0 Å². The lowest BCUT2D eigenvalue weighted by molar-refractivity contribution is 0.268. The number of nitrogens with zero attached hydrogens (tertiary/aromatic N) is 1. The third-order valence-corrected chi connectivity index (χ3v) is 3.15. The Kier molecular flexibility index (Phi) is 1.78. The van der Waals surface area contributed by atoms with E-state index in [9.17, 15) is 0 Å². The first-order chi connectivity index (χ1) is 7.25. The van der Waals surface area contributed by atoms with Gasteiger partial charge in [0.1, 0.15) is 5.75 Å². The van der Waals surface area contributed by atoms with E-state index in [2.05, 4.69) is 42.9 Å². The van der Waals surface area contributed by atoms with E-state index in [4.69, 9.17) is 4.74 Å². The van der Waals surface area contributed by atoms with Gasteiger partial charge < -0.3 is 9.30 Å². The van der Waals surface area contributed by atoms with Crippen molar-refractivity contribution in [2.75, 3.05) is 6.61 Å². The number of benzene rings is 1. The fraction of sp³-hybridized carbons (Fsp3) is 0.385. The van der Waals surface area contributed by atoms with Gasteiger partial charge in [0.25, 0.3) is 0 Å². The SMILES string of the molecule is CC1COc2cccc3c2c(cn3C)C1. The number of rotatable bonds is 0. The van der Waals surface area contributed by atoms with Crippen LogP contribution in [-0.4, -0.2) is 11.2 Å². The van der Waals surface area contributed by atoms with Gasteiger partial charge in [-0.25, -0.2) is 0 Å². The van der Waals surface area contributed by atoms with Crippen LogP contribution >= 0.6 is 0 Å². The van der Waals surface area contributed by atoms with Crippen LogP contribution < -0.4 is 4.74 Å². The van der Waals surface area contributed by atoms with E-state index in [1.165, 1.54) is 16.5 Å². The average molecular weight is 201 g/mol. The third-order valence-electron chi connectivity index (χ3n) is 3.15. The number of ether oxygens (including phenoxy) is 1. The summed E-state index contributed by atoms with van der Waals surface area (Å²) >= 11 is 0. The molecule has 78 valence electrons. The first kappa shape index (κ1) is 8.84. The summed E-state index contributed by atoms with van der Waals surface area (Å²) in [5, 5.41) is 1.31. The molecule has 2 nitrogen and oxygen atoms in total. The quantitative estimate of drug-likeness (QED) is 0.639. The summed E-state index contributed by atoms with van der Waals surface area (Å²) in [5.41, 5.74) is 2.70. The Labute approximate surface area is 89.5 Å². The Hall–Kier alpha value is -1.44. The van der Waals surface area contributed by atoms with Crippen LogP contribution in [0.4, 0.5) is 0 Å². The van der Waals surface area contributed by atoms with Gasteiger partial charge in [-0.1, -0.05) is 13.0 Å². The molecule has 0 aliphatic carbocycles. The zero-order chi connectivity index (χ0) is 10.4. The van der Waals surface area contributed by atoms with Crippen LogP contribution in [0.25, 0.3) is 10.9 Å². The Morgan fingerprint density at radius 1 is 1.40 bits per heavy atom. The highest BCUT2D eigenvalue weighted by atomic mass is 16.5. The molecule has 1 aromatic heterocycles. The van der Waals surface area contributed by atoms with Crippen molar-refractivity contribution in [3.05, 3.63) is 30.0 Å². The Morgan fingerprint density at radius 3 is 3.13 bits per heavy atom. The van der Waals surface area contributed by atoms with Gasteiger partial charge in [-0.05, 0) is 30.0 Å². The fourth-order valence-electron chi connectivity index (χ4n) is 2.45. The molecule has 1 unspecified atom stereocenters. The van der Waals surface area contributed by atoms with Crippen molar-refractivity contribution in [2.45, 2.75) is 13.3 Å². The maximum absolute atomic E-state index is 5.83. The molecule has 1 aliphatic rings. The van der Waals surface area contributed by atoms with Gasteiger partial charge in [-0.2, -0.15) is 0 Å². The first-order valence-electron chi connectivity index (χ1n) is 5.45. The van der Waals surface area contributed by atoms with E-state index in [1.54, 1.807) is 0 Å². The smallest absolute Gasteiger partial charge is 0.128 e. The van der Waals surface area contributed by atoms with Crippen LogP contribution in [-0.2, 0) is 13.5 Å². The van der Waals surface area contributed by atoms with Gasteiger partial charge in [0.05, 0.1) is 12.1 Å². The van der Waals surface area contributed by atoms with E-state index in [0.29, 0.717) is 5.92 Å². The molecule has 2 aromatic rings. The molecule has 1 atom stereocenters. The number of aryl methyl sites for hydroxylation is 1. The summed E-state index contributed by atoms with van der Waals surface area (Å²) in [7, 11) is 2.10. The second kappa shape index (κ2) is 3.02. The van der Waals surface area contributed by atoms with E-state index >= 15 is 0 Å². The summed E-state index contributed by atoms with van der Waals surface area (Å²) in [6, 6.07) is 6.29. The standard InChI is InChI=1S/C13H15NO/c1-9-6-10-7-14(2)11-4-3-5-12(13(10)11)15-8-9/h3-5,7,9H,6,8H2,1-2H3. The molecule has 0 spiro atoms. The molecule has 0 fully saturated rings. The highest BCUT2D eigenvalue weighted by molar-refractivity contribution is 5.90. The lowest BCUT2D eigenvalue weighted by Gasteiger charge is -2.08. The van der Waals surface area contributed by atoms with E-state index in [0.717, 1.165) is 18.8 Å². The second-order valence-electron chi connectivity index (χ2n) is 4.54. The van der Waals surface area contributed by atoms with E-state index in [-0.39, 0.29) is 0 Å². The Morgan fingerprint density at radius 2 is 2.27 bits per heavy atom. The van der Waals surface area contributed by atoms with Gasteiger partial charge in [-0.15, -0.1) is 0 Å². The number of hydrogen-bond acceptors (Lipinski definition) is 1. The summed E-state index contributed by atoms with van der Waals surface area (Å²) in [5.74, 6) is 1.65. The van der Waals surface area contributed by atoms with Crippen molar-refractivity contribution < 1.29 is 4.74 Å². The largest absolute Gasteiger partial charge is 0.493 e. The maximum Gasteiger partial charge on any atom is 0.128 e.